The Morgan fingerprint density at radius 2 is 2.17 bits per heavy atom. The van der Waals surface area contributed by atoms with Crippen molar-refractivity contribution in [2.75, 3.05) is 0 Å². The van der Waals surface area contributed by atoms with Gasteiger partial charge in [0.05, 0.1) is 0 Å². The molecule has 0 saturated carbocycles. The van der Waals surface area contributed by atoms with E-state index in [1.54, 1.807) is 0 Å². The van der Waals surface area contributed by atoms with E-state index in [0.717, 1.165) is 12.7 Å². The van der Waals surface area contributed by atoms with Gasteiger partial charge in [-0.3, -0.25) is 0 Å². The number of aldehydes is 1. The van der Waals surface area contributed by atoms with E-state index < -0.39 is 0 Å². The van der Waals surface area contributed by atoms with Gasteiger partial charge in [-0.15, -0.1) is 12.4 Å². The second kappa shape index (κ2) is 8.88. The van der Waals surface area contributed by atoms with Crippen molar-refractivity contribution in [2.45, 2.75) is 19.8 Å². The molecule has 0 unspecified atom stereocenters. The highest BCUT2D eigenvalue weighted by Crippen LogP contribution is 1.74. The minimum absolute atomic E-state index is 0. The molecule has 1 nitrogen and oxygen atoms in total. The SMILES string of the molecule is CCCC=O.Cl. The molecule has 0 aromatic rings. The maximum atomic E-state index is 9.40. The van der Waals surface area contributed by atoms with Crippen LogP contribution in [0.15, 0.2) is 0 Å². The maximum absolute atomic E-state index is 9.40. The van der Waals surface area contributed by atoms with Gasteiger partial charge < -0.3 is 4.79 Å². The normalized spacial score (nSPS) is 6.17. The Labute approximate surface area is 44.1 Å². The number of halogens is 1. The summed E-state index contributed by atoms with van der Waals surface area (Å²) in [6.07, 6.45) is 2.61. The highest BCUT2D eigenvalue weighted by Gasteiger charge is 1.66. The fourth-order valence-corrected chi connectivity index (χ4v) is 0.118. The molecule has 0 spiro atoms. The summed E-state index contributed by atoms with van der Waals surface area (Å²) in [5.41, 5.74) is 0. The van der Waals surface area contributed by atoms with Crippen molar-refractivity contribution >= 4 is 18.7 Å². The second-order valence-corrected chi connectivity index (χ2v) is 0.955. The lowest BCUT2D eigenvalue weighted by Gasteiger charge is -1.68. The van der Waals surface area contributed by atoms with Gasteiger partial charge in [0.25, 0.3) is 0 Å². The van der Waals surface area contributed by atoms with Gasteiger partial charge in [0.15, 0.2) is 0 Å². The fraction of sp³-hybridized carbons (Fsp3) is 0.750. The van der Waals surface area contributed by atoms with Gasteiger partial charge in [-0.25, -0.2) is 0 Å². The van der Waals surface area contributed by atoms with E-state index in [4.69, 9.17) is 0 Å². The van der Waals surface area contributed by atoms with Crippen LogP contribution in [0.2, 0.25) is 0 Å². The highest BCUT2D eigenvalue weighted by atomic mass is 35.5. The lowest BCUT2D eigenvalue weighted by atomic mass is 10.4. The van der Waals surface area contributed by atoms with E-state index >= 15 is 0 Å². The topological polar surface area (TPSA) is 17.1 Å². The fourth-order valence-electron chi connectivity index (χ4n) is 0.118. The van der Waals surface area contributed by atoms with Crippen LogP contribution >= 0.6 is 12.4 Å². The summed E-state index contributed by atoms with van der Waals surface area (Å²) in [5.74, 6) is 0. The van der Waals surface area contributed by atoms with Crippen molar-refractivity contribution in [3.05, 3.63) is 0 Å². The van der Waals surface area contributed by atoms with E-state index in [2.05, 4.69) is 0 Å². The number of hydrogen-bond donors (Lipinski definition) is 0. The Morgan fingerprint density at radius 3 is 2.17 bits per heavy atom. The van der Waals surface area contributed by atoms with E-state index in [-0.39, 0.29) is 12.4 Å². The summed E-state index contributed by atoms with van der Waals surface area (Å²) in [6, 6.07) is 0. The molecule has 6 heavy (non-hydrogen) atoms. The minimum Gasteiger partial charge on any atom is -0.303 e. The van der Waals surface area contributed by atoms with Crippen LogP contribution in [-0.4, -0.2) is 6.29 Å². The average molecular weight is 109 g/mol. The van der Waals surface area contributed by atoms with Gasteiger partial charge in [-0.2, -0.15) is 0 Å². The Kier molecular flexibility index (Phi) is 13.8. The van der Waals surface area contributed by atoms with Crippen LogP contribution in [-0.2, 0) is 4.79 Å². The molecule has 0 atom stereocenters. The molecule has 0 aromatic carbocycles. The largest absolute Gasteiger partial charge is 0.303 e. The van der Waals surface area contributed by atoms with E-state index in [1.165, 1.54) is 0 Å². The summed E-state index contributed by atoms with van der Waals surface area (Å²) >= 11 is 0. The number of carbonyl (C=O) groups is 1. The number of rotatable bonds is 2. The first-order valence-electron chi connectivity index (χ1n) is 1.85. The third-order valence-electron chi connectivity index (χ3n) is 0.407. The van der Waals surface area contributed by atoms with Crippen molar-refractivity contribution in [3.8, 4) is 0 Å². The molecule has 2 heteroatoms. The zero-order valence-electron chi connectivity index (χ0n) is 3.81. The molecule has 0 rings (SSSR count). The van der Waals surface area contributed by atoms with Gasteiger partial charge in [0.2, 0.25) is 0 Å². The van der Waals surface area contributed by atoms with Gasteiger partial charge >= 0.3 is 0 Å². The first-order chi connectivity index (χ1) is 2.41. The van der Waals surface area contributed by atoms with Crippen LogP contribution in [0.1, 0.15) is 19.8 Å². The monoisotopic (exact) mass is 108 g/mol. The summed E-state index contributed by atoms with van der Waals surface area (Å²) in [7, 11) is 0. The van der Waals surface area contributed by atoms with E-state index in [0.29, 0.717) is 6.42 Å². The van der Waals surface area contributed by atoms with Crippen LogP contribution in [0.3, 0.4) is 0 Å². The molecular formula is C4H9ClO. The average Bonchev–Trinajstić information content (AvgIpc) is 1.41. The quantitative estimate of drug-likeness (QED) is 0.489. The van der Waals surface area contributed by atoms with Gasteiger partial charge in [0.1, 0.15) is 6.29 Å². The second-order valence-electron chi connectivity index (χ2n) is 0.955. The van der Waals surface area contributed by atoms with Crippen molar-refractivity contribution in [1.29, 1.82) is 0 Å². The summed E-state index contributed by atoms with van der Waals surface area (Å²) < 4.78 is 0. The van der Waals surface area contributed by atoms with Crippen LogP contribution < -0.4 is 0 Å². The van der Waals surface area contributed by atoms with Crippen molar-refractivity contribution < 1.29 is 4.79 Å². The standard InChI is InChI=1S/C4H8O.ClH/c1-2-3-4-5;/h4H,2-3H2,1H3;1H. The molecule has 0 amide bonds. The Bertz CT molecular complexity index is 28.7. The molecule has 0 fully saturated rings. The van der Waals surface area contributed by atoms with Crippen LogP contribution in [0.5, 0.6) is 0 Å². The maximum Gasteiger partial charge on any atom is 0.119 e. The van der Waals surface area contributed by atoms with E-state index in [1.807, 2.05) is 6.92 Å². The zero-order valence-corrected chi connectivity index (χ0v) is 4.62. The highest BCUT2D eigenvalue weighted by molar-refractivity contribution is 5.85. The lowest BCUT2D eigenvalue weighted by Crippen LogP contribution is -1.64. The molecule has 0 aromatic heterocycles. The Balaban J connectivity index is 0. The molecule has 0 aliphatic carbocycles. The Morgan fingerprint density at radius 1 is 1.67 bits per heavy atom. The molecular weight excluding hydrogens is 99.5 g/mol. The van der Waals surface area contributed by atoms with Crippen molar-refractivity contribution in [1.82, 2.24) is 0 Å². The van der Waals surface area contributed by atoms with Crippen molar-refractivity contribution in [2.24, 2.45) is 0 Å². The molecule has 38 valence electrons. The molecule has 0 saturated heterocycles. The molecule has 0 heterocycles. The van der Waals surface area contributed by atoms with Crippen LogP contribution in [0, 0.1) is 0 Å². The van der Waals surface area contributed by atoms with Crippen molar-refractivity contribution in [3.63, 3.8) is 0 Å². The first kappa shape index (κ1) is 9.35. The number of unbranched alkanes of at least 4 members (excludes halogenated alkanes) is 1. The van der Waals surface area contributed by atoms with E-state index in [9.17, 15) is 4.79 Å². The third-order valence-corrected chi connectivity index (χ3v) is 0.407. The van der Waals surface area contributed by atoms with Crippen LogP contribution in [0.4, 0.5) is 0 Å². The molecule has 0 radical (unpaired) electrons. The van der Waals surface area contributed by atoms with Gasteiger partial charge in [0, 0.05) is 6.42 Å². The van der Waals surface area contributed by atoms with Crippen LogP contribution in [0.25, 0.3) is 0 Å². The number of carbonyl (C=O) groups excluding carboxylic acids is 1. The minimum atomic E-state index is 0. The molecule has 0 aliphatic rings. The predicted octanol–water partition coefficient (Wildman–Crippen LogP) is 1.41. The summed E-state index contributed by atoms with van der Waals surface area (Å²) in [6.45, 7) is 1.98. The molecule has 0 N–H and O–H groups in total. The third kappa shape index (κ3) is 9.03. The number of hydrogen-bond acceptors (Lipinski definition) is 1. The summed E-state index contributed by atoms with van der Waals surface area (Å²) in [4.78, 5) is 9.40. The first-order valence-corrected chi connectivity index (χ1v) is 1.85. The zero-order chi connectivity index (χ0) is 4.12. The Hall–Kier alpha value is -0.0400. The summed E-state index contributed by atoms with van der Waals surface area (Å²) in [5, 5.41) is 0. The molecule has 0 aliphatic heterocycles. The molecule has 0 bridgehead atoms. The van der Waals surface area contributed by atoms with Gasteiger partial charge in [-0.05, 0) is 6.42 Å². The lowest BCUT2D eigenvalue weighted by molar-refractivity contribution is -0.107. The van der Waals surface area contributed by atoms with Gasteiger partial charge in [-0.1, -0.05) is 6.92 Å². The smallest absolute Gasteiger partial charge is 0.119 e. The predicted molar refractivity (Wildman–Crippen MR) is 28.2 cm³/mol.